The Morgan fingerprint density at radius 1 is 1.25 bits per heavy atom. The van der Waals surface area contributed by atoms with Gasteiger partial charge in [0, 0.05) is 5.02 Å². The average molecular weight is 372 g/mol. The summed E-state index contributed by atoms with van der Waals surface area (Å²) in [7, 11) is 0. The monoisotopic (exact) mass is 371 g/mol. The third-order valence-electron chi connectivity index (χ3n) is 3.90. The van der Waals surface area contributed by atoms with Gasteiger partial charge in [-0.1, -0.05) is 37.0 Å². The van der Waals surface area contributed by atoms with E-state index in [0.29, 0.717) is 22.4 Å². The minimum Gasteiger partial charge on any atom is -0.492 e. The predicted octanol–water partition coefficient (Wildman–Crippen LogP) is 4.39. The molecule has 0 aliphatic carbocycles. The summed E-state index contributed by atoms with van der Waals surface area (Å²) in [5, 5.41) is 15.7. The number of halogens is 2. The van der Waals surface area contributed by atoms with Crippen molar-refractivity contribution in [3.8, 4) is 5.75 Å². The molecular weight excluding hydrogens is 349 g/mol. The zero-order valence-corrected chi connectivity index (χ0v) is 15.4. The zero-order chi connectivity index (χ0) is 17.5. The first kappa shape index (κ1) is 19.0. The Morgan fingerprint density at radius 2 is 2.04 bits per heavy atom. The molecular formula is C17H23Cl2N3O2. The molecule has 7 heteroatoms. The highest BCUT2D eigenvalue weighted by Gasteiger charge is 2.24. The topological polar surface area (TPSA) is 60.2 Å². The van der Waals surface area contributed by atoms with Gasteiger partial charge in [0.2, 0.25) is 0 Å². The Morgan fingerprint density at radius 3 is 2.67 bits per heavy atom. The number of unbranched alkanes of at least 4 members (excludes halogenated alkanes) is 1. The van der Waals surface area contributed by atoms with Gasteiger partial charge in [-0.05, 0) is 43.4 Å². The van der Waals surface area contributed by atoms with Crippen molar-refractivity contribution in [3.63, 3.8) is 0 Å². The third kappa shape index (κ3) is 5.36. The number of ether oxygens (including phenoxy) is 1. The van der Waals surface area contributed by atoms with Crippen LogP contribution in [0.1, 0.15) is 39.2 Å². The van der Waals surface area contributed by atoms with Gasteiger partial charge in [0.1, 0.15) is 18.4 Å². The van der Waals surface area contributed by atoms with Crippen molar-refractivity contribution in [1.29, 1.82) is 0 Å². The summed E-state index contributed by atoms with van der Waals surface area (Å²) in [6, 6.07) is 5.11. The number of aliphatic hydroxyl groups is 1. The number of aromatic nitrogens is 3. The Kier molecular flexibility index (Phi) is 7.34. The lowest BCUT2D eigenvalue weighted by molar-refractivity contribution is 0.0581. The fourth-order valence-electron chi connectivity index (χ4n) is 2.52. The van der Waals surface area contributed by atoms with Crippen LogP contribution in [0.15, 0.2) is 30.9 Å². The van der Waals surface area contributed by atoms with Crippen LogP contribution in [-0.4, -0.2) is 32.6 Å². The zero-order valence-electron chi connectivity index (χ0n) is 13.9. The molecule has 2 rings (SSSR count). The minimum atomic E-state index is -0.460. The molecule has 1 N–H and O–H groups in total. The second-order valence-electron chi connectivity index (χ2n) is 6.10. The molecule has 1 heterocycles. The fraction of sp³-hybridized carbons (Fsp3) is 0.529. The predicted molar refractivity (Wildman–Crippen MR) is 95.7 cm³/mol. The van der Waals surface area contributed by atoms with Crippen LogP contribution in [0.2, 0.25) is 10.0 Å². The van der Waals surface area contributed by atoms with Crippen LogP contribution in [0.3, 0.4) is 0 Å². The van der Waals surface area contributed by atoms with E-state index in [-0.39, 0.29) is 12.0 Å². The number of hydrogen-bond acceptors (Lipinski definition) is 4. The van der Waals surface area contributed by atoms with Crippen molar-refractivity contribution in [2.45, 2.75) is 45.3 Å². The molecule has 0 radical (unpaired) electrons. The Balaban J connectivity index is 1.80. The van der Waals surface area contributed by atoms with Crippen LogP contribution < -0.4 is 4.74 Å². The summed E-state index contributed by atoms with van der Waals surface area (Å²) >= 11 is 11.9. The number of rotatable bonds is 9. The Labute approximate surface area is 152 Å². The molecule has 24 heavy (non-hydrogen) atoms. The first-order valence-electron chi connectivity index (χ1n) is 8.09. The quantitative estimate of drug-likeness (QED) is 0.663. The van der Waals surface area contributed by atoms with Gasteiger partial charge in [0.15, 0.2) is 0 Å². The van der Waals surface area contributed by atoms with E-state index in [2.05, 4.69) is 10.1 Å². The summed E-state index contributed by atoms with van der Waals surface area (Å²) in [6.45, 7) is 4.56. The van der Waals surface area contributed by atoms with Gasteiger partial charge in [0.05, 0.1) is 23.8 Å². The Bertz CT molecular complexity index is 620. The van der Waals surface area contributed by atoms with Crippen molar-refractivity contribution in [1.82, 2.24) is 14.8 Å². The van der Waals surface area contributed by atoms with Gasteiger partial charge in [-0.25, -0.2) is 9.67 Å². The molecule has 0 fully saturated rings. The van der Waals surface area contributed by atoms with Crippen molar-refractivity contribution < 1.29 is 9.84 Å². The van der Waals surface area contributed by atoms with Gasteiger partial charge in [-0.2, -0.15) is 5.10 Å². The number of aliphatic hydroxyl groups excluding tert-OH is 1. The highest BCUT2D eigenvalue weighted by Crippen LogP contribution is 2.28. The first-order valence-corrected chi connectivity index (χ1v) is 8.84. The van der Waals surface area contributed by atoms with Crippen LogP contribution in [0, 0.1) is 5.92 Å². The molecule has 0 saturated carbocycles. The van der Waals surface area contributed by atoms with Crippen LogP contribution >= 0.6 is 23.2 Å². The first-order chi connectivity index (χ1) is 11.5. The maximum Gasteiger partial charge on any atom is 0.137 e. The van der Waals surface area contributed by atoms with Crippen molar-refractivity contribution in [2.24, 2.45) is 5.92 Å². The highest BCUT2D eigenvalue weighted by atomic mass is 35.5. The van der Waals surface area contributed by atoms with Gasteiger partial charge >= 0.3 is 0 Å². The highest BCUT2D eigenvalue weighted by molar-refractivity contribution is 6.35. The van der Waals surface area contributed by atoms with E-state index in [0.717, 1.165) is 19.3 Å². The molecule has 2 aromatic rings. The summed E-state index contributed by atoms with van der Waals surface area (Å²) < 4.78 is 7.42. The van der Waals surface area contributed by atoms with E-state index < -0.39 is 6.10 Å². The molecule has 0 saturated heterocycles. The summed E-state index contributed by atoms with van der Waals surface area (Å²) in [5.74, 6) is 0.791. The van der Waals surface area contributed by atoms with Crippen molar-refractivity contribution >= 4 is 23.2 Å². The van der Waals surface area contributed by atoms with Gasteiger partial charge in [-0.3, -0.25) is 0 Å². The molecule has 1 aromatic heterocycles. The lowest BCUT2D eigenvalue weighted by atomic mass is 9.95. The van der Waals surface area contributed by atoms with Crippen molar-refractivity contribution in [2.75, 3.05) is 6.61 Å². The van der Waals surface area contributed by atoms with E-state index in [1.54, 1.807) is 29.2 Å². The number of benzene rings is 1. The van der Waals surface area contributed by atoms with Crippen LogP contribution in [0.5, 0.6) is 5.75 Å². The molecule has 0 aliphatic rings. The van der Waals surface area contributed by atoms with E-state index in [9.17, 15) is 5.11 Å². The normalized spacial score (nSPS) is 13.9. The molecule has 2 atom stereocenters. The molecule has 132 valence electrons. The fourth-order valence-corrected chi connectivity index (χ4v) is 2.99. The number of hydrogen-bond donors (Lipinski definition) is 1. The van der Waals surface area contributed by atoms with Crippen LogP contribution in [-0.2, 0) is 0 Å². The number of nitrogens with zero attached hydrogens (tertiary/aromatic N) is 3. The largest absolute Gasteiger partial charge is 0.492 e. The van der Waals surface area contributed by atoms with E-state index in [4.69, 9.17) is 27.9 Å². The Hall–Kier alpha value is -1.30. The summed E-state index contributed by atoms with van der Waals surface area (Å²) in [4.78, 5) is 3.98. The second-order valence-corrected chi connectivity index (χ2v) is 6.94. The minimum absolute atomic E-state index is 0.0772. The van der Waals surface area contributed by atoms with Crippen LogP contribution in [0.25, 0.3) is 0 Å². The molecule has 0 amide bonds. The van der Waals surface area contributed by atoms with Crippen molar-refractivity contribution in [3.05, 3.63) is 40.9 Å². The maximum atomic E-state index is 10.4. The molecule has 1 aromatic carbocycles. The molecule has 0 spiro atoms. The van der Waals surface area contributed by atoms with Gasteiger partial charge in [0.25, 0.3) is 0 Å². The lowest BCUT2D eigenvalue weighted by Crippen LogP contribution is -2.29. The molecule has 5 nitrogen and oxygen atoms in total. The summed E-state index contributed by atoms with van der Waals surface area (Å²) in [5.41, 5.74) is 0. The SMILES string of the molecule is CC(C)C(O)C(CCCCOc1ccc(Cl)cc1Cl)n1cncn1. The third-order valence-corrected chi connectivity index (χ3v) is 4.43. The smallest absolute Gasteiger partial charge is 0.137 e. The summed E-state index contributed by atoms with van der Waals surface area (Å²) in [6.07, 6.45) is 5.25. The maximum absolute atomic E-state index is 10.4. The van der Waals surface area contributed by atoms with Crippen LogP contribution in [0.4, 0.5) is 0 Å². The van der Waals surface area contributed by atoms with E-state index in [1.165, 1.54) is 6.33 Å². The molecule has 0 bridgehead atoms. The van der Waals surface area contributed by atoms with E-state index >= 15 is 0 Å². The second kappa shape index (κ2) is 9.25. The standard InChI is InChI=1S/C17H23Cl2N3O2/c1-12(2)17(23)15(22-11-20-10-21-22)5-3-4-8-24-16-7-6-13(18)9-14(16)19/h6-7,9-12,15,17,23H,3-5,8H2,1-2H3. The molecule has 0 aliphatic heterocycles. The molecule has 2 unspecified atom stereocenters. The van der Waals surface area contributed by atoms with E-state index in [1.807, 2.05) is 13.8 Å². The van der Waals surface area contributed by atoms with Gasteiger partial charge in [-0.15, -0.1) is 0 Å². The van der Waals surface area contributed by atoms with Gasteiger partial charge < -0.3 is 9.84 Å². The lowest BCUT2D eigenvalue weighted by Gasteiger charge is -2.25. The average Bonchev–Trinajstić information content (AvgIpc) is 3.06.